The molecule has 1 saturated heterocycles. The number of hydrogen-bond acceptors (Lipinski definition) is 5. The Balaban J connectivity index is 2.65. The fourth-order valence-electron chi connectivity index (χ4n) is 2.01. The van der Waals surface area contributed by atoms with Crippen molar-refractivity contribution >= 4 is 29.7 Å². The maximum Gasteiger partial charge on any atom is 0.408 e. The third-order valence-corrected chi connectivity index (χ3v) is 4.21. The van der Waals surface area contributed by atoms with Crippen LogP contribution in [0.5, 0.6) is 0 Å². The summed E-state index contributed by atoms with van der Waals surface area (Å²) >= 11 is 1.40. The maximum atomic E-state index is 12.2. The molecule has 2 amide bonds. The number of nitrogens with one attached hydrogen (secondary N) is 1. The number of alkyl carbamates (subject to hydrolysis) is 1. The zero-order chi connectivity index (χ0) is 16.4. The molecule has 1 aliphatic rings. The largest absolute Gasteiger partial charge is 0.480 e. The van der Waals surface area contributed by atoms with Gasteiger partial charge in [0.25, 0.3) is 0 Å². The van der Waals surface area contributed by atoms with Crippen molar-refractivity contribution in [1.82, 2.24) is 10.2 Å². The molecule has 120 valence electrons. The minimum Gasteiger partial charge on any atom is -0.480 e. The molecule has 1 heterocycles. The van der Waals surface area contributed by atoms with E-state index >= 15 is 0 Å². The topological polar surface area (TPSA) is 95.9 Å². The Morgan fingerprint density at radius 1 is 1.38 bits per heavy atom. The van der Waals surface area contributed by atoms with E-state index in [1.165, 1.54) is 16.7 Å². The van der Waals surface area contributed by atoms with E-state index in [4.69, 9.17) is 4.74 Å². The average Bonchev–Trinajstić information content (AvgIpc) is 2.59. The molecular weight excluding hydrogens is 296 g/mol. The van der Waals surface area contributed by atoms with Gasteiger partial charge in [0.1, 0.15) is 18.2 Å². The van der Waals surface area contributed by atoms with Crippen LogP contribution in [-0.4, -0.2) is 56.8 Å². The van der Waals surface area contributed by atoms with E-state index in [0.29, 0.717) is 5.75 Å². The van der Waals surface area contributed by atoms with E-state index in [-0.39, 0.29) is 6.54 Å². The van der Waals surface area contributed by atoms with Crippen LogP contribution in [0.3, 0.4) is 0 Å². The number of hydrogen-bond donors (Lipinski definition) is 2. The Morgan fingerprint density at radius 2 is 1.95 bits per heavy atom. The molecule has 1 rings (SSSR count). The van der Waals surface area contributed by atoms with Crippen LogP contribution in [0.1, 0.15) is 34.6 Å². The minimum atomic E-state index is -1.04. The maximum absolute atomic E-state index is 12.2. The van der Waals surface area contributed by atoms with Crippen molar-refractivity contribution in [3.05, 3.63) is 0 Å². The highest BCUT2D eigenvalue weighted by molar-refractivity contribution is 8.00. The van der Waals surface area contributed by atoms with Gasteiger partial charge in [-0.1, -0.05) is 0 Å². The molecule has 0 aliphatic carbocycles. The van der Waals surface area contributed by atoms with Crippen LogP contribution in [-0.2, 0) is 14.3 Å². The monoisotopic (exact) mass is 318 g/mol. The molecule has 0 aromatic carbocycles. The summed E-state index contributed by atoms with van der Waals surface area (Å²) in [5.41, 5.74) is -0.653. The highest BCUT2D eigenvalue weighted by Crippen LogP contribution is 2.38. The zero-order valence-corrected chi connectivity index (χ0v) is 13.7. The molecule has 0 bridgehead atoms. The predicted octanol–water partition coefficient (Wildman–Crippen LogP) is 1.28. The number of carbonyl (C=O) groups excluding carboxylic acids is 2. The van der Waals surface area contributed by atoms with Crippen LogP contribution in [0.4, 0.5) is 4.79 Å². The van der Waals surface area contributed by atoms with Crippen molar-refractivity contribution in [2.45, 2.75) is 51.1 Å². The van der Waals surface area contributed by atoms with Gasteiger partial charge in [-0.05, 0) is 34.6 Å². The molecule has 1 atom stereocenters. The average molecular weight is 318 g/mol. The summed E-state index contributed by atoms with van der Waals surface area (Å²) in [5.74, 6) is -1.15. The van der Waals surface area contributed by atoms with Gasteiger partial charge in [0.05, 0.1) is 4.87 Å². The molecule has 8 heteroatoms. The van der Waals surface area contributed by atoms with E-state index in [1.54, 1.807) is 34.6 Å². The molecule has 0 unspecified atom stereocenters. The highest BCUT2D eigenvalue weighted by Gasteiger charge is 2.46. The van der Waals surface area contributed by atoms with Crippen LogP contribution < -0.4 is 5.32 Å². The lowest BCUT2D eigenvalue weighted by molar-refractivity contribution is -0.150. The van der Waals surface area contributed by atoms with Crippen LogP contribution >= 0.6 is 11.8 Å². The van der Waals surface area contributed by atoms with Crippen LogP contribution in [0, 0.1) is 0 Å². The van der Waals surface area contributed by atoms with E-state index in [1.807, 2.05) is 0 Å². The highest BCUT2D eigenvalue weighted by atomic mass is 32.2. The molecule has 7 nitrogen and oxygen atoms in total. The van der Waals surface area contributed by atoms with Crippen LogP contribution in [0.15, 0.2) is 0 Å². The molecule has 21 heavy (non-hydrogen) atoms. The van der Waals surface area contributed by atoms with Crippen LogP contribution in [0.2, 0.25) is 0 Å². The summed E-state index contributed by atoms with van der Waals surface area (Å²) in [5, 5.41) is 11.5. The van der Waals surface area contributed by atoms with Crippen molar-refractivity contribution in [1.29, 1.82) is 0 Å². The number of ether oxygens (including phenoxy) is 1. The first-order valence-electron chi connectivity index (χ1n) is 6.60. The molecule has 0 spiro atoms. The summed E-state index contributed by atoms with van der Waals surface area (Å²) < 4.78 is 5.03. The SMILES string of the molecule is CC(C)(C)OC(=O)NCC(=O)N1[C@@H](C(=O)O)CSC1(C)C. The zero-order valence-electron chi connectivity index (χ0n) is 12.9. The van der Waals surface area contributed by atoms with E-state index in [0.717, 1.165) is 0 Å². The van der Waals surface area contributed by atoms with Gasteiger partial charge in [-0.25, -0.2) is 9.59 Å². The molecule has 0 saturated carbocycles. The lowest BCUT2D eigenvalue weighted by atomic mass is 10.2. The second kappa shape index (κ2) is 6.13. The van der Waals surface area contributed by atoms with Crippen LogP contribution in [0.25, 0.3) is 0 Å². The Kier molecular flexibility index (Phi) is 5.14. The summed E-state index contributed by atoms with van der Waals surface area (Å²) in [7, 11) is 0. The van der Waals surface area contributed by atoms with Gasteiger partial charge in [-0.2, -0.15) is 0 Å². The van der Waals surface area contributed by atoms with Crippen molar-refractivity contribution in [2.24, 2.45) is 0 Å². The Labute approximate surface area is 128 Å². The third kappa shape index (κ3) is 4.80. The lowest BCUT2D eigenvalue weighted by Gasteiger charge is -2.33. The fraction of sp³-hybridized carbons (Fsp3) is 0.769. The number of carbonyl (C=O) groups is 3. The second-order valence-electron chi connectivity index (χ2n) is 6.23. The van der Waals surface area contributed by atoms with Crippen molar-refractivity contribution in [3.63, 3.8) is 0 Å². The number of carboxylic acids is 1. The molecule has 0 aromatic heterocycles. The number of rotatable bonds is 3. The minimum absolute atomic E-state index is 0.289. The number of thioether (sulfide) groups is 1. The molecular formula is C13H22N2O5S. The normalized spacial score (nSPS) is 21.0. The first kappa shape index (κ1) is 17.6. The molecule has 0 radical (unpaired) electrons. The molecule has 1 aliphatic heterocycles. The number of aliphatic carboxylic acids is 1. The van der Waals surface area contributed by atoms with E-state index in [2.05, 4.69) is 5.32 Å². The summed E-state index contributed by atoms with van der Waals surface area (Å²) in [4.78, 5) is 35.7. The lowest BCUT2D eigenvalue weighted by Crippen LogP contribution is -2.53. The number of amides is 2. The molecule has 1 fully saturated rings. The van der Waals surface area contributed by atoms with Gasteiger partial charge in [0, 0.05) is 5.75 Å². The smallest absolute Gasteiger partial charge is 0.408 e. The molecule has 0 aromatic rings. The quantitative estimate of drug-likeness (QED) is 0.813. The van der Waals surface area contributed by atoms with E-state index in [9.17, 15) is 19.5 Å². The van der Waals surface area contributed by atoms with Gasteiger partial charge in [-0.15, -0.1) is 11.8 Å². The Hall–Kier alpha value is -1.44. The van der Waals surface area contributed by atoms with Gasteiger partial charge in [0.15, 0.2) is 0 Å². The third-order valence-electron chi connectivity index (χ3n) is 2.82. The van der Waals surface area contributed by atoms with Crippen molar-refractivity contribution in [3.8, 4) is 0 Å². The van der Waals surface area contributed by atoms with Gasteiger partial charge in [0.2, 0.25) is 5.91 Å². The van der Waals surface area contributed by atoms with E-state index < -0.39 is 34.5 Å². The first-order valence-corrected chi connectivity index (χ1v) is 7.58. The Bertz CT molecular complexity index is 444. The number of nitrogens with zero attached hydrogens (tertiary/aromatic N) is 1. The predicted molar refractivity (Wildman–Crippen MR) is 79.0 cm³/mol. The first-order chi connectivity index (χ1) is 9.44. The second-order valence-corrected chi connectivity index (χ2v) is 7.85. The van der Waals surface area contributed by atoms with Crippen molar-refractivity contribution < 1.29 is 24.2 Å². The fourth-order valence-corrected chi connectivity index (χ4v) is 3.23. The summed E-state index contributed by atoms with van der Waals surface area (Å²) in [6, 6.07) is -0.877. The standard InChI is InChI=1S/C13H22N2O5S/c1-12(2,3)20-11(19)14-6-9(16)15-8(10(17)18)7-21-13(15,4)5/h8H,6-7H2,1-5H3,(H,14,19)(H,17,18)/t8-/m1/s1. The van der Waals surface area contributed by atoms with Gasteiger partial charge >= 0.3 is 12.1 Å². The van der Waals surface area contributed by atoms with Gasteiger partial charge in [-0.3, -0.25) is 4.79 Å². The summed E-state index contributed by atoms with van der Waals surface area (Å²) in [6.07, 6.45) is -0.701. The Morgan fingerprint density at radius 3 is 2.43 bits per heavy atom. The van der Waals surface area contributed by atoms with Gasteiger partial charge < -0.3 is 20.1 Å². The molecule has 2 N–H and O–H groups in total. The number of carboxylic acid groups (broad SMARTS) is 1. The van der Waals surface area contributed by atoms with Crippen molar-refractivity contribution in [2.75, 3.05) is 12.3 Å². The summed E-state index contributed by atoms with van der Waals surface area (Å²) in [6.45, 7) is 8.43.